The van der Waals surface area contributed by atoms with Crippen LogP contribution in [0.4, 0.5) is 0 Å². The third-order valence-electron chi connectivity index (χ3n) is 2.11. The van der Waals surface area contributed by atoms with Gasteiger partial charge in [0, 0.05) is 15.6 Å². The summed E-state index contributed by atoms with van der Waals surface area (Å²) in [4.78, 5) is 0. The first kappa shape index (κ1) is 8.85. The highest BCUT2D eigenvalue weighted by atomic mass is 35.5. The van der Waals surface area contributed by atoms with E-state index in [9.17, 15) is 0 Å². The van der Waals surface area contributed by atoms with Crippen molar-refractivity contribution in [2.75, 3.05) is 7.11 Å². The maximum atomic E-state index is 6.18. The molecule has 0 saturated carbocycles. The fraction of sp³-hybridized carbons (Fsp3) is 0.200. The molecule has 0 radical (unpaired) electrons. The number of methoxy groups -OCH3 is 1. The van der Waals surface area contributed by atoms with Gasteiger partial charge in [0.2, 0.25) is 0 Å². The molecule has 13 heavy (non-hydrogen) atoms. The van der Waals surface area contributed by atoms with Crippen molar-refractivity contribution in [1.29, 1.82) is 0 Å². The van der Waals surface area contributed by atoms with Gasteiger partial charge in [-0.25, -0.2) is 0 Å². The molecular weight excluding hydrogens is 204 g/mol. The zero-order chi connectivity index (χ0) is 9.42. The summed E-state index contributed by atoms with van der Waals surface area (Å²) in [5, 5.41) is 3.95. The van der Waals surface area contributed by atoms with Crippen molar-refractivity contribution in [3.8, 4) is 5.75 Å². The molecule has 1 aromatic heterocycles. The lowest BCUT2D eigenvalue weighted by molar-refractivity contribution is 0.412. The van der Waals surface area contributed by atoms with Crippen molar-refractivity contribution in [1.82, 2.24) is 0 Å². The van der Waals surface area contributed by atoms with Crippen molar-refractivity contribution in [2.45, 2.75) is 6.92 Å². The van der Waals surface area contributed by atoms with Crippen LogP contribution in [0.15, 0.2) is 17.5 Å². The largest absolute Gasteiger partial charge is 0.496 e. The van der Waals surface area contributed by atoms with E-state index in [2.05, 4.69) is 0 Å². The predicted octanol–water partition coefficient (Wildman–Crippen LogP) is 3.87. The molecule has 1 heterocycles. The summed E-state index contributed by atoms with van der Waals surface area (Å²) in [5.41, 5.74) is 1.01. The van der Waals surface area contributed by atoms with Gasteiger partial charge in [0.15, 0.2) is 0 Å². The van der Waals surface area contributed by atoms with E-state index in [4.69, 9.17) is 16.3 Å². The lowest BCUT2D eigenvalue weighted by Gasteiger charge is -2.06. The third-order valence-corrected chi connectivity index (χ3v) is 3.46. The highest BCUT2D eigenvalue weighted by Crippen LogP contribution is 2.36. The average molecular weight is 213 g/mol. The lowest BCUT2D eigenvalue weighted by Crippen LogP contribution is -1.87. The van der Waals surface area contributed by atoms with Crippen LogP contribution in [0.5, 0.6) is 5.75 Å². The van der Waals surface area contributed by atoms with Gasteiger partial charge in [0.1, 0.15) is 5.75 Å². The van der Waals surface area contributed by atoms with E-state index < -0.39 is 0 Å². The molecule has 0 aliphatic rings. The third kappa shape index (κ3) is 1.30. The van der Waals surface area contributed by atoms with Crippen LogP contribution >= 0.6 is 22.9 Å². The number of ether oxygens (including phenoxy) is 1. The van der Waals surface area contributed by atoms with E-state index in [1.165, 1.54) is 4.70 Å². The van der Waals surface area contributed by atoms with E-state index in [0.717, 1.165) is 21.7 Å². The van der Waals surface area contributed by atoms with Gasteiger partial charge >= 0.3 is 0 Å². The number of thiophene rings is 1. The first-order valence-electron chi connectivity index (χ1n) is 3.94. The Morgan fingerprint density at radius 3 is 2.92 bits per heavy atom. The molecule has 0 bridgehead atoms. The van der Waals surface area contributed by atoms with Crippen LogP contribution in [0.1, 0.15) is 5.56 Å². The Hall–Kier alpha value is -0.730. The van der Waals surface area contributed by atoms with Crippen LogP contribution < -0.4 is 4.74 Å². The average Bonchev–Trinajstić information content (AvgIpc) is 2.59. The van der Waals surface area contributed by atoms with Gasteiger partial charge in [-0.15, -0.1) is 11.3 Å². The van der Waals surface area contributed by atoms with Crippen molar-refractivity contribution < 1.29 is 4.74 Å². The van der Waals surface area contributed by atoms with Crippen LogP contribution in [0.3, 0.4) is 0 Å². The number of hydrogen-bond acceptors (Lipinski definition) is 2. The quantitative estimate of drug-likeness (QED) is 0.697. The molecule has 0 atom stereocenters. The molecule has 0 amide bonds. The summed E-state index contributed by atoms with van der Waals surface area (Å²) < 4.78 is 6.40. The van der Waals surface area contributed by atoms with Crippen molar-refractivity contribution in [3.63, 3.8) is 0 Å². The molecule has 2 rings (SSSR count). The molecule has 1 nitrogen and oxygen atoms in total. The number of hydrogen-bond donors (Lipinski definition) is 0. The highest BCUT2D eigenvalue weighted by molar-refractivity contribution is 7.17. The Balaban J connectivity index is 2.83. The van der Waals surface area contributed by atoms with Crippen molar-refractivity contribution >= 4 is 33.0 Å². The monoisotopic (exact) mass is 212 g/mol. The molecule has 0 spiro atoms. The summed E-state index contributed by atoms with van der Waals surface area (Å²) in [6.07, 6.45) is 0. The van der Waals surface area contributed by atoms with E-state index in [0.29, 0.717) is 0 Å². The topological polar surface area (TPSA) is 9.23 Å². The standard InChI is InChI=1S/C10H9ClOS/c1-6-8(12-2)5-9-7(10(6)11)3-4-13-9/h3-5H,1-2H3. The number of halogens is 1. The molecule has 3 heteroatoms. The Morgan fingerprint density at radius 1 is 1.46 bits per heavy atom. The maximum absolute atomic E-state index is 6.18. The molecular formula is C10H9ClOS. The Labute approximate surface area is 85.9 Å². The Morgan fingerprint density at radius 2 is 2.23 bits per heavy atom. The van der Waals surface area contributed by atoms with E-state index in [-0.39, 0.29) is 0 Å². The molecule has 0 fully saturated rings. The SMILES string of the molecule is COc1cc2sccc2c(Cl)c1C. The van der Waals surface area contributed by atoms with Gasteiger partial charge in [-0.1, -0.05) is 11.6 Å². The predicted molar refractivity (Wildman–Crippen MR) is 58.1 cm³/mol. The van der Waals surface area contributed by atoms with Gasteiger partial charge in [0.05, 0.1) is 12.1 Å². The second-order valence-corrected chi connectivity index (χ2v) is 4.18. The minimum Gasteiger partial charge on any atom is -0.496 e. The summed E-state index contributed by atoms with van der Waals surface area (Å²) in [6.45, 7) is 1.97. The minimum absolute atomic E-state index is 0.801. The van der Waals surface area contributed by atoms with Crippen LogP contribution in [-0.4, -0.2) is 7.11 Å². The Bertz CT molecular complexity index is 447. The van der Waals surface area contributed by atoms with Crippen LogP contribution in [0.25, 0.3) is 10.1 Å². The van der Waals surface area contributed by atoms with Crippen molar-refractivity contribution in [3.05, 3.63) is 28.1 Å². The molecule has 68 valence electrons. The summed E-state index contributed by atoms with van der Waals surface area (Å²) in [5.74, 6) is 0.861. The number of rotatable bonds is 1. The van der Waals surface area contributed by atoms with Crippen molar-refractivity contribution in [2.24, 2.45) is 0 Å². The summed E-state index contributed by atoms with van der Waals surface area (Å²) >= 11 is 7.85. The van der Waals surface area contributed by atoms with E-state index in [1.54, 1.807) is 18.4 Å². The smallest absolute Gasteiger partial charge is 0.124 e. The normalized spacial score (nSPS) is 10.7. The maximum Gasteiger partial charge on any atom is 0.124 e. The van der Waals surface area contributed by atoms with Gasteiger partial charge in [-0.3, -0.25) is 0 Å². The second kappa shape index (κ2) is 3.20. The molecule has 0 N–H and O–H groups in total. The van der Waals surface area contributed by atoms with Crippen LogP contribution in [0.2, 0.25) is 5.02 Å². The zero-order valence-corrected chi connectivity index (χ0v) is 9.00. The molecule has 0 saturated heterocycles. The molecule has 2 aromatic rings. The van der Waals surface area contributed by atoms with Gasteiger partial charge in [0.25, 0.3) is 0 Å². The molecule has 0 aliphatic heterocycles. The summed E-state index contributed by atoms with van der Waals surface area (Å²) in [6, 6.07) is 4.07. The van der Waals surface area contributed by atoms with E-state index >= 15 is 0 Å². The first-order chi connectivity index (χ1) is 6.24. The zero-order valence-electron chi connectivity index (χ0n) is 7.43. The van der Waals surface area contributed by atoms with Gasteiger partial charge < -0.3 is 4.74 Å². The summed E-state index contributed by atoms with van der Waals surface area (Å²) in [7, 11) is 1.66. The first-order valence-corrected chi connectivity index (χ1v) is 5.20. The lowest BCUT2D eigenvalue weighted by atomic mass is 10.1. The Kier molecular flexibility index (Phi) is 2.18. The van der Waals surface area contributed by atoms with Crippen LogP contribution in [-0.2, 0) is 0 Å². The van der Waals surface area contributed by atoms with Gasteiger partial charge in [-0.05, 0) is 24.4 Å². The second-order valence-electron chi connectivity index (χ2n) is 2.85. The number of fused-ring (bicyclic) bond motifs is 1. The molecule has 1 aromatic carbocycles. The fourth-order valence-electron chi connectivity index (χ4n) is 1.36. The molecule has 0 unspecified atom stereocenters. The van der Waals surface area contributed by atoms with Crippen LogP contribution in [0, 0.1) is 6.92 Å². The molecule has 0 aliphatic carbocycles. The number of benzene rings is 1. The highest BCUT2D eigenvalue weighted by Gasteiger charge is 2.08. The van der Waals surface area contributed by atoms with E-state index in [1.807, 2.05) is 24.4 Å². The van der Waals surface area contributed by atoms with Gasteiger partial charge in [-0.2, -0.15) is 0 Å². The minimum atomic E-state index is 0.801. The fourth-order valence-corrected chi connectivity index (χ4v) is 2.50.